The highest BCUT2D eigenvalue weighted by atomic mass is 16.6. The van der Waals surface area contributed by atoms with Gasteiger partial charge in [0.25, 0.3) is 0 Å². The number of para-hydroxylation sites is 6. The van der Waals surface area contributed by atoms with Crippen molar-refractivity contribution in [3.8, 4) is 11.5 Å². The number of H-pyrrole nitrogens is 2. The second kappa shape index (κ2) is 17.8. The largest absolute Gasteiger partial charge is 0.497 e. The summed E-state index contributed by atoms with van der Waals surface area (Å²) in [6.45, 7) is 5.86. The molecule has 0 saturated carbocycles. The van der Waals surface area contributed by atoms with E-state index in [0.29, 0.717) is 37.7 Å². The van der Waals surface area contributed by atoms with E-state index in [1.807, 2.05) is 106 Å². The Kier molecular flexibility index (Phi) is 11.8. The first-order valence-electron chi connectivity index (χ1n) is 21.3. The zero-order chi connectivity index (χ0) is 42.7. The zero-order valence-electron chi connectivity index (χ0n) is 35.0. The van der Waals surface area contributed by atoms with Crippen molar-refractivity contribution >= 4 is 45.6 Å². The first-order chi connectivity index (χ1) is 30.3. The van der Waals surface area contributed by atoms with E-state index in [1.54, 1.807) is 24.0 Å². The molecule has 4 saturated heterocycles. The number of methoxy groups -OCH3 is 2. The number of anilines is 2. The lowest BCUT2D eigenvalue weighted by atomic mass is 10.0. The minimum atomic E-state index is -0.338. The summed E-state index contributed by atoms with van der Waals surface area (Å²) in [5.41, 5.74) is 5.11. The average molecular weight is 845 g/mol. The third-order valence-electron chi connectivity index (χ3n) is 12.5. The maximum Gasteiger partial charge on any atom is 0.414 e. The number of imidazole rings is 2. The number of aromatic amines is 2. The number of rotatable bonds is 10. The molecule has 2 unspecified atom stereocenters. The van der Waals surface area contributed by atoms with Crippen LogP contribution in [0.15, 0.2) is 107 Å². The summed E-state index contributed by atoms with van der Waals surface area (Å²) in [5, 5.41) is 0. The Morgan fingerprint density at radius 2 is 1.08 bits per heavy atom. The Labute approximate surface area is 358 Å². The van der Waals surface area contributed by atoms with E-state index in [2.05, 4.69) is 19.8 Å². The summed E-state index contributed by atoms with van der Waals surface area (Å²) in [6.07, 6.45) is 2.53. The van der Waals surface area contributed by atoms with Gasteiger partial charge in [0.2, 0.25) is 0 Å². The number of benzene rings is 4. The number of nitrogens with one attached hydrogen (secondary N) is 2. The van der Waals surface area contributed by atoms with Crippen LogP contribution in [0.2, 0.25) is 0 Å². The minimum Gasteiger partial charge on any atom is -0.497 e. The Hall–Kier alpha value is -6.52. The van der Waals surface area contributed by atoms with Crippen LogP contribution in [0.1, 0.15) is 37.8 Å². The first kappa shape index (κ1) is 40.9. The van der Waals surface area contributed by atoms with E-state index >= 15 is 0 Å². The van der Waals surface area contributed by atoms with Gasteiger partial charge in [-0.05, 0) is 74.2 Å². The second-order valence-corrected chi connectivity index (χ2v) is 16.3. The van der Waals surface area contributed by atoms with Gasteiger partial charge in [0, 0.05) is 57.4 Å². The molecule has 4 aliphatic heterocycles. The number of ether oxygens (including phenoxy) is 4. The molecule has 0 radical (unpaired) electrons. The van der Waals surface area contributed by atoms with Crippen LogP contribution < -0.4 is 30.7 Å². The lowest BCUT2D eigenvalue weighted by Crippen LogP contribution is -2.41. The summed E-state index contributed by atoms with van der Waals surface area (Å²) in [5.74, 6) is 1.37. The fourth-order valence-corrected chi connectivity index (χ4v) is 9.44. The van der Waals surface area contributed by atoms with Crippen molar-refractivity contribution in [3.05, 3.63) is 118 Å². The third-order valence-corrected chi connectivity index (χ3v) is 12.5. The van der Waals surface area contributed by atoms with Gasteiger partial charge in [-0.2, -0.15) is 0 Å². The second-order valence-electron chi connectivity index (χ2n) is 16.3. The van der Waals surface area contributed by atoms with Gasteiger partial charge in [0.05, 0.1) is 60.8 Å². The molecule has 0 spiro atoms. The molecule has 10 rings (SSSR count). The number of carbonyl (C=O) groups excluding carboxylic acids is 2. The topological polar surface area (TPSA) is 160 Å². The van der Waals surface area contributed by atoms with Crippen molar-refractivity contribution in [2.45, 2.75) is 50.0 Å². The molecule has 0 aliphatic carbocycles. The van der Waals surface area contributed by atoms with Crippen LogP contribution in [0.5, 0.6) is 11.5 Å². The molecular weight excluding hydrogens is 793 g/mol. The molecule has 2 N–H and O–H groups in total. The summed E-state index contributed by atoms with van der Waals surface area (Å²) in [6, 6.07) is 30.9. The molecular formula is C46H52N8O8. The summed E-state index contributed by atoms with van der Waals surface area (Å²) in [7, 11) is 3.21. The lowest BCUT2D eigenvalue weighted by Gasteiger charge is -2.33. The Morgan fingerprint density at radius 1 is 0.581 bits per heavy atom. The van der Waals surface area contributed by atoms with Gasteiger partial charge in [-0.1, -0.05) is 42.5 Å². The molecule has 6 heterocycles. The lowest BCUT2D eigenvalue weighted by molar-refractivity contribution is 0.0921. The highest BCUT2D eigenvalue weighted by Gasteiger charge is 2.37. The number of cyclic esters (lactones) is 2. The molecule has 16 nitrogen and oxygen atoms in total. The van der Waals surface area contributed by atoms with Gasteiger partial charge in [-0.3, -0.25) is 28.7 Å². The van der Waals surface area contributed by atoms with Crippen LogP contribution in [0.4, 0.5) is 21.0 Å². The number of hydrogen-bond acceptors (Lipinski definition) is 10. The number of piperidine rings is 2. The van der Waals surface area contributed by atoms with Gasteiger partial charge in [-0.15, -0.1) is 0 Å². The summed E-state index contributed by atoms with van der Waals surface area (Å²) >= 11 is 0. The minimum absolute atomic E-state index is 0.0432. The monoisotopic (exact) mass is 844 g/mol. The molecule has 4 aromatic carbocycles. The summed E-state index contributed by atoms with van der Waals surface area (Å²) in [4.78, 5) is 63.6. The van der Waals surface area contributed by atoms with Crippen molar-refractivity contribution in [2.24, 2.45) is 0 Å². The molecule has 0 bridgehead atoms. The number of likely N-dealkylation sites (tertiary alicyclic amines) is 2. The molecule has 4 aliphatic rings. The molecule has 2 amide bonds. The molecule has 16 heteroatoms. The SMILES string of the molecule is COc1cccc(N2CC(CN3CCC(n4c(=O)[nH]c5ccccc54)CC3)OC2=O)c1.COc1ccccc1N1CC(CN2CCC(n3c(=O)[nH]c4ccccc43)CC2)OC1=O. The van der Waals surface area contributed by atoms with Crippen LogP contribution in [0, 0.1) is 0 Å². The Bertz CT molecular complexity index is 2650. The van der Waals surface area contributed by atoms with E-state index < -0.39 is 0 Å². The van der Waals surface area contributed by atoms with Crippen LogP contribution in [0.3, 0.4) is 0 Å². The van der Waals surface area contributed by atoms with Crippen molar-refractivity contribution < 1.29 is 28.5 Å². The Balaban J connectivity index is 0.000000158. The molecule has 2 aromatic heterocycles. The highest BCUT2D eigenvalue weighted by Crippen LogP contribution is 2.33. The van der Waals surface area contributed by atoms with Crippen molar-refractivity contribution in [2.75, 3.05) is 76.4 Å². The normalized spacial score (nSPS) is 20.4. The van der Waals surface area contributed by atoms with Gasteiger partial charge >= 0.3 is 23.6 Å². The number of aromatic nitrogens is 4. The first-order valence-corrected chi connectivity index (χ1v) is 21.3. The van der Waals surface area contributed by atoms with Gasteiger partial charge in [-0.25, -0.2) is 19.2 Å². The van der Waals surface area contributed by atoms with Gasteiger partial charge < -0.3 is 28.9 Å². The maximum absolute atomic E-state index is 12.5. The predicted molar refractivity (Wildman–Crippen MR) is 236 cm³/mol. The van der Waals surface area contributed by atoms with E-state index in [4.69, 9.17) is 18.9 Å². The summed E-state index contributed by atoms with van der Waals surface area (Å²) < 4.78 is 25.7. The fourth-order valence-electron chi connectivity index (χ4n) is 9.44. The van der Waals surface area contributed by atoms with Crippen LogP contribution in [-0.2, 0) is 9.47 Å². The molecule has 4 fully saturated rings. The molecule has 2 atom stereocenters. The standard InChI is InChI=1S/2C23H26N4O4/c1-30-18-6-4-5-17(13-18)26-15-19(31-23(26)29)14-25-11-9-16(10-12-25)27-21-8-3-2-7-20(21)24-22(27)28;1-30-21-9-5-4-8-20(21)26-15-17(31-23(26)29)14-25-12-10-16(11-13-25)27-19-7-3-2-6-18(19)24-22(27)28/h2-8,13,16,19H,9-12,14-15H2,1H3,(H,24,28);2-9,16-17H,10-15H2,1H3,(H,24,28). The number of carbonyl (C=O) groups is 2. The molecule has 62 heavy (non-hydrogen) atoms. The van der Waals surface area contributed by atoms with Crippen molar-refractivity contribution in [3.63, 3.8) is 0 Å². The van der Waals surface area contributed by atoms with Gasteiger partial charge in [0.1, 0.15) is 23.7 Å². The van der Waals surface area contributed by atoms with E-state index in [9.17, 15) is 19.2 Å². The third kappa shape index (κ3) is 8.39. The van der Waals surface area contributed by atoms with Crippen LogP contribution >= 0.6 is 0 Å². The highest BCUT2D eigenvalue weighted by molar-refractivity contribution is 5.92. The number of fused-ring (bicyclic) bond motifs is 2. The van der Waals surface area contributed by atoms with Crippen molar-refractivity contribution in [1.82, 2.24) is 28.9 Å². The smallest absolute Gasteiger partial charge is 0.414 e. The van der Waals surface area contributed by atoms with E-state index in [-0.39, 0.29) is 47.9 Å². The van der Waals surface area contributed by atoms with E-state index in [1.165, 1.54) is 0 Å². The quantitative estimate of drug-likeness (QED) is 0.168. The van der Waals surface area contributed by atoms with Crippen molar-refractivity contribution in [1.29, 1.82) is 0 Å². The number of hydrogen-bond donors (Lipinski definition) is 2. The maximum atomic E-state index is 12.5. The number of nitrogens with zero attached hydrogens (tertiary/aromatic N) is 6. The predicted octanol–water partition coefficient (Wildman–Crippen LogP) is 6.00. The van der Waals surface area contributed by atoms with Crippen LogP contribution in [-0.4, -0.2) is 120 Å². The number of amides is 2. The zero-order valence-corrected chi connectivity index (χ0v) is 35.0. The average Bonchev–Trinajstić information content (AvgIpc) is 4.05. The molecule has 324 valence electrons. The molecule has 6 aromatic rings. The fraction of sp³-hybridized carbons (Fsp3) is 0.391. The van der Waals surface area contributed by atoms with Crippen LogP contribution in [0.25, 0.3) is 22.1 Å². The Morgan fingerprint density at radius 3 is 1.63 bits per heavy atom. The van der Waals surface area contributed by atoms with E-state index in [0.717, 1.165) is 85.3 Å². The van der Waals surface area contributed by atoms with Gasteiger partial charge in [0.15, 0.2) is 0 Å².